The number of rotatable bonds is 2. The highest BCUT2D eigenvalue weighted by atomic mass is 35.5. The van der Waals surface area contributed by atoms with Crippen LogP contribution in [0.3, 0.4) is 0 Å². The molecular formula is C8H8Cl2N2O2. The van der Waals surface area contributed by atoms with E-state index in [2.05, 4.69) is 9.97 Å². The quantitative estimate of drug-likeness (QED) is 0.448. The van der Waals surface area contributed by atoms with Crippen LogP contribution >= 0.6 is 23.2 Å². The van der Waals surface area contributed by atoms with Crippen molar-refractivity contribution in [3.63, 3.8) is 0 Å². The number of carbonyl (C=O) groups is 1. The molecule has 1 heterocycles. The molecule has 4 nitrogen and oxygen atoms in total. The fraction of sp³-hybridized carbons (Fsp3) is 0.375. The van der Waals surface area contributed by atoms with Gasteiger partial charge in [0.2, 0.25) is 5.28 Å². The third-order valence-electron chi connectivity index (χ3n) is 1.28. The number of ether oxygens (including phenoxy) is 1. The van der Waals surface area contributed by atoms with Crippen molar-refractivity contribution in [2.24, 2.45) is 0 Å². The SMILES string of the molecule is CC(C)OC(=O)c1cnc(Cl)nc1Cl. The van der Waals surface area contributed by atoms with Gasteiger partial charge in [-0.25, -0.2) is 14.8 Å². The molecule has 76 valence electrons. The third-order valence-corrected chi connectivity index (χ3v) is 1.75. The molecule has 1 aromatic rings. The predicted molar refractivity (Wildman–Crippen MR) is 52.6 cm³/mol. The second kappa shape index (κ2) is 4.57. The molecular weight excluding hydrogens is 227 g/mol. The van der Waals surface area contributed by atoms with Crippen molar-refractivity contribution in [1.82, 2.24) is 9.97 Å². The molecule has 6 heteroatoms. The Morgan fingerprint density at radius 2 is 2.14 bits per heavy atom. The molecule has 0 aliphatic heterocycles. The fourth-order valence-corrected chi connectivity index (χ4v) is 1.14. The Hall–Kier alpha value is -0.870. The van der Waals surface area contributed by atoms with Crippen molar-refractivity contribution >= 4 is 29.2 Å². The average molecular weight is 235 g/mol. The molecule has 0 N–H and O–H groups in total. The summed E-state index contributed by atoms with van der Waals surface area (Å²) in [5.41, 5.74) is 0.116. The van der Waals surface area contributed by atoms with Gasteiger partial charge in [-0.1, -0.05) is 11.6 Å². The first kappa shape index (κ1) is 11.2. The van der Waals surface area contributed by atoms with Crippen molar-refractivity contribution in [2.45, 2.75) is 20.0 Å². The van der Waals surface area contributed by atoms with Gasteiger partial charge >= 0.3 is 5.97 Å². The number of nitrogens with zero attached hydrogens (tertiary/aromatic N) is 2. The number of hydrogen-bond donors (Lipinski definition) is 0. The lowest BCUT2D eigenvalue weighted by molar-refractivity contribution is 0.0377. The Labute approximate surface area is 91.2 Å². The lowest BCUT2D eigenvalue weighted by Crippen LogP contribution is -2.12. The summed E-state index contributed by atoms with van der Waals surface area (Å²) < 4.78 is 4.91. The summed E-state index contributed by atoms with van der Waals surface area (Å²) in [4.78, 5) is 18.6. The summed E-state index contributed by atoms with van der Waals surface area (Å²) in [6.07, 6.45) is 1.02. The van der Waals surface area contributed by atoms with E-state index in [1.54, 1.807) is 13.8 Å². The number of carbonyl (C=O) groups excluding carboxylic acids is 1. The summed E-state index contributed by atoms with van der Waals surface area (Å²) in [5, 5.41) is -0.00764. The molecule has 0 aliphatic carbocycles. The van der Waals surface area contributed by atoms with Gasteiger partial charge < -0.3 is 4.74 Å². The van der Waals surface area contributed by atoms with Gasteiger partial charge in [0.25, 0.3) is 0 Å². The monoisotopic (exact) mass is 234 g/mol. The molecule has 0 bridgehead atoms. The van der Waals surface area contributed by atoms with E-state index in [0.717, 1.165) is 0 Å². The van der Waals surface area contributed by atoms with Crippen molar-refractivity contribution in [1.29, 1.82) is 0 Å². The number of esters is 1. The van der Waals surface area contributed by atoms with Gasteiger partial charge in [0.05, 0.1) is 6.10 Å². The van der Waals surface area contributed by atoms with Crippen LogP contribution < -0.4 is 0 Å². The smallest absolute Gasteiger partial charge is 0.343 e. The van der Waals surface area contributed by atoms with Crippen LogP contribution in [0.15, 0.2) is 6.20 Å². The maximum absolute atomic E-state index is 11.4. The lowest BCUT2D eigenvalue weighted by Gasteiger charge is -2.07. The van der Waals surface area contributed by atoms with Gasteiger partial charge in [0.1, 0.15) is 10.7 Å². The predicted octanol–water partition coefficient (Wildman–Crippen LogP) is 2.35. The third kappa shape index (κ3) is 2.82. The van der Waals surface area contributed by atoms with Crippen LogP contribution in [-0.2, 0) is 4.74 Å². The van der Waals surface area contributed by atoms with Crippen LogP contribution in [0.25, 0.3) is 0 Å². The molecule has 1 rings (SSSR count). The van der Waals surface area contributed by atoms with Gasteiger partial charge in [0.15, 0.2) is 0 Å². The second-order valence-electron chi connectivity index (χ2n) is 2.80. The van der Waals surface area contributed by atoms with E-state index in [9.17, 15) is 4.79 Å². The minimum atomic E-state index is -0.554. The Morgan fingerprint density at radius 3 is 2.64 bits per heavy atom. The van der Waals surface area contributed by atoms with E-state index in [1.165, 1.54) is 6.20 Å². The largest absolute Gasteiger partial charge is 0.459 e. The summed E-state index contributed by atoms with van der Waals surface area (Å²) in [7, 11) is 0. The zero-order valence-electron chi connectivity index (χ0n) is 7.62. The number of aromatic nitrogens is 2. The maximum Gasteiger partial charge on any atom is 0.343 e. The standard InChI is InChI=1S/C8H8Cl2N2O2/c1-4(2)14-7(13)5-3-11-8(10)12-6(5)9/h3-4H,1-2H3. The summed E-state index contributed by atoms with van der Waals surface area (Å²) in [6, 6.07) is 0. The molecule has 0 aromatic carbocycles. The molecule has 0 atom stereocenters. The molecule has 0 fully saturated rings. The molecule has 1 aromatic heterocycles. The minimum absolute atomic E-state index is 0.00361. The molecule has 14 heavy (non-hydrogen) atoms. The molecule has 0 saturated carbocycles. The van der Waals surface area contributed by atoms with E-state index < -0.39 is 5.97 Å². The van der Waals surface area contributed by atoms with Gasteiger partial charge in [-0.15, -0.1) is 0 Å². The molecule has 0 amide bonds. The second-order valence-corrected chi connectivity index (χ2v) is 3.49. The fourth-order valence-electron chi connectivity index (χ4n) is 0.756. The highest BCUT2D eigenvalue weighted by Crippen LogP contribution is 2.15. The Balaban J connectivity index is 2.90. The van der Waals surface area contributed by atoms with Crippen LogP contribution in [0.2, 0.25) is 10.4 Å². The van der Waals surface area contributed by atoms with Crippen LogP contribution in [0, 0.1) is 0 Å². The van der Waals surface area contributed by atoms with Gasteiger partial charge in [-0.2, -0.15) is 0 Å². The Kier molecular flexibility index (Phi) is 3.66. The summed E-state index contributed by atoms with van der Waals surface area (Å²) in [6.45, 7) is 3.48. The molecule has 0 saturated heterocycles. The molecule has 0 radical (unpaired) electrons. The van der Waals surface area contributed by atoms with E-state index in [-0.39, 0.29) is 22.1 Å². The average Bonchev–Trinajstić information content (AvgIpc) is 2.01. The topological polar surface area (TPSA) is 52.1 Å². The van der Waals surface area contributed by atoms with E-state index >= 15 is 0 Å². The van der Waals surface area contributed by atoms with Crippen molar-refractivity contribution in [2.75, 3.05) is 0 Å². The van der Waals surface area contributed by atoms with Crippen molar-refractivity contribution in [3.05, 3.63) is 22.2 Å². The zero-order valence-corrected chi connectivity index (χ0v) is 9.13. The number of hydrogen-bond acceptors (Lipinski definition) is 4. The first-order chi connectivity index (χ1) is 6.50. The Bertz CT molecular complexity index is 355. The van der Waals surface area contributed by atoms with Gasteiger partial charge in [-0.3, -0.25) is 0 Å². The van der Waals surface area contributed by atoms with E-state index in [0.29, 0.717) is 0 Å². The highest BCUT2D eigenvalue weighted by Gasteiger charge is 2.15. The van der Waals surface area contributed by atoms with E-state index in [4.69, 9.17) is 27.9 Å². The van der Waals surface area contributed by atoms with Crippen LogP contribution in [0.4, 0.5) is 0 Å². The Morgan fingerprint density at radius 1 is 1.50 bits per heavy atom. The molecule has 0 aliphatic rings. The first-order valence-electron chi connectivity index (χ1n) is 3.89. The van der Waals surface area contributed by atoms with Crippen LogP contribution in [-0.4, -0.2) is 22.0 Å². The van der Waals surface area contributed by atoms with Gasteiger partial charge in [-0.05, 0) is 25.4 Å². The maximum atomic E-state index is 11.4. The normalized spacial score (nSPS) is 10.4. The van der Waals surface area contributed by atoms with E-state index in [1.807, 2.05) is 0 Å². The van der Waals surface area contributed by atoms with Crippen molar-refractivity contribution in [3.8, 4) is 0 Å². The van der Waals surface area contributed by atoms with Crippen molar-refractivity contribution < 1.29 is 9.53 Å². The summed E-state index contributed by atoms with van der Waals surface area (Å²) >= 11 is 11.1. The molecule has 0 spiro atoms. The van der Waals surface area contributed by atoms with Gasteiger partial charge in [0, 0.05) is 6.20 Å². The first-order valence-corrected chi connectivity index (χ1v) is 4.65. The summed E-state index contributed by atoms with van der Waals surface area (Å²) in [5.74, 6) is -0.554. The van der Waals surface area contributed by atoms with Crippen LogP contribution in [0.1, 0.15) is 24.2 Å². The minimum Gasteiger partial charge on any atom is -0.459 e. The zero-order chi connectivity index (χ0) is 10.7. The highest BCUT2D eigenvalue weighted by molar-refractivity contribution is 6.33. The van der Waals surface area contributed by atoms with Crippen LogP contribution in [0.5, 0.6) is 0 Å². The number of halogens is 2. The lowest BCUT2D eigenvalue weighted by atomic mass is 10.3. The molecule has 0 unspecified atom stereocenters.